The van der Waals surface area contributed by atoms with Crippen LogP contribution in [0.15, 0.2) is 53.6 Å². The maximum Gasteiger partial charge on any atom is 0.187 e. The van der Waals surface area contributed by atoms with Crippen LogP contribution < -0.4 is 15.5 Å². The fourth-order valence-corrected chi connectivity index (χ4v) is 3.28. The third kappa shape index (κ3) is 6.64. The Balaban J connectivity index is 1.47. The lowest BCUT2D eigenvalue weighted by Gasteiger charge is -2.23. The highest BCUT2D eigenvalue weighted by Gasteiger charge is 2.13. The molecule has 3 rings (SSSR count). The number of hydrazone groups is 1. The molecule has 142 valence electrons. The quantitative estimate of drug-likeness (QED) is 0.435. The molecular formula is C21H24FN3OS. The molecule has 0 unspecified atom stereocenters. The second-order valence-electron chi connectivity index (χ2n) is 6.67. The van der Waals surface area contributed by atoms with Crippen molar-refractivity contribution in [3.63, 3.8) is 0 Å². The van der Waals surface area contributed by atoms with Crippen LogP contribution in [0.2, 0.25) is 0 Å². The summed E-state index contributed by atoms with van der Waals surface area (Å²) in [5.41, 5.74) is 4.69. The van der Waals surface area contributed by atoms with Gasteiger partial charge in [0.05, 0.1) is 6.21 Å². The van der Waals surface area contributed by atoms with Crippen molar-refractivity contribution in [2.45, 2.75) is 44.8 Å². The lowest BCUT2D eigenvalue weighted by molar-refractivity contribution is 0.306. The van der Waals surface area contributed by atoms with Crippen molar-refractivity contribution in [2.24, 2.45) is 5.10 Å². The summed E-state index contributed by atoms with van der Waals surface area (Å²) < 4.78 is 18.7. The van der Waals surface area contributed by atoms with Gasteiger partial charge in [-0.2, -0.15) is 5.10 Å². The molecule has 0 amide bonds. The lowest BCUT2D eigenvalue weighted by atomic mass is 9.96. The first-order valence-electron chi connectivity index (χ1n) is 9.26. The predicted molar refractivity (Wildman–Crippen MR) is 111 cm³/mol. The molecule has 2 N–H and O–H groups in total. The van der Waals surface area contributed by atoms with E-state index in [4.69, 9.17) is 17.0 Å². The van der Waals surface area contributed by atoms with Crippen molar-refractivity contribution < 1.29 is 9.13 Å². The zero-order valence-electron chi connectivity index (χ0n) is 15.2. The van der Waals surface area contributed by atoms with Crippen LogP contribution in [-0.2, 0) is 6.61 Å². The average Bonchev–Trinajstić information content (AvgIpc) is 2.69. The third-order valence-electron chi connectivity index (χ3n) is 4.50. The molecule has 6 heteroatoms. The molecule has 0 aromatic heterocycles. The Morgan fingerprint density at radius 1 is 1.15 bits per heavy atom. The molecule has 0 bridgehead atoms. The monoisotopic (exact) mass is 385 g/mol. The summed E-state index contributed by atoms with van der Waals surface area (Å²) in [5.74, 6) is 0.478. The van der Waals surface area contributed by atoms with Crippen molar-refractivity contribution >= 4 is 23.5 Å². The first-order valence-corrected chi connectivity index (χ1v) is 9.67. The van der Waals surface area contributed by atoms with Gasteiger partial charge in [0, 0.05) is 6.04 Å². The Morgan fingerprint density at radius 2 is 1.93 bits per heavy atom. The van der Waals surface area contributed by atoms with E-state index in [-0.39, 0.29) is 5.82 Å². The summed E-state index contributed by atoms with van der Waals surface area (Å²) in [6.07, 6.45) is 7.87. The molecule has 0 saturated heterocycles. The highest BCUT2D eigenvalue weighted by molar-refractivity contribution is 7.80. The van der Waals surface area contributed by atoms with Crippen LogP contribution in [0.25, 0.3) is 0 Å². The number of hydrogen-bond acceptors (Lipinski definition) is 3. The minimum Gasteiger partial charge on any atom is -0.489 e. The Hall–Kier alpha value is -2.47. The summed E-state index contributed by atoms with van der Waals surface area (Å²) >= 11 is 5.29. The number of hydrogen-bond donors (Lipinski definition) is 2. The Morgan fingerprint density at radius 3 is 2.70 bits per heavy atom. The number of ether oxygens (including phenoxy) is 1. The number of nitrogens with zero attached hydrogens (tertiary/aromatic N) is 1. The number of nitrogens with one attached hydrogen (secondary N) is 2. The molecule has 2 aromatic carbocycles. The molecule has 1 aliphatic rings. The van der Waals surface area contributed by atoms with Gasteiger partial charge in [-0.05, 0) is 60.5 Å². The summed E-state index contributed by atoms with van der Waals surface area (Å²) in [7, 11) is 0. The minimum atomic E-state index is -0.250. The van der Waals surface area contributed by atoms with E-state index >= 15 is 0 Å². The fourth-order valence-electron chi connectivity index (χ4n) is 3.06. The topological polar surface area (TPSA) is 45.6 Å². The van der Waals surface area contributed by atoms with Gasteiger partial charge in [-0.1, -0.05) is 43.5 Å². The predicted octanol–water partition coefficient (Wildman–Crippen LogP) is 4.54. The smallest absolute Gasteiger partial charge is 0.187 e. The molecule has 0 spiro atoms. The van der Waals surface area contributed by atoms with Crippen molar-refractivity contribution in [1.82, 2.24) is 10.7 Å². The van der Waals surface area contributed by atoms with Crippen LogP contribution in [0, 0.1) is 5.82 Å². The third-order valence-corrected chi connectivity index (χ3v) is 4.71. The zero-order valence-corrected chi connectivity index (χ0v) is 16.0. The van der Waals surface area contributed by atoms with Gasteiger partial charge in [0.25, 0.3) is 0 Å². The van der Waals surface area contributed by atoms with Gasteiger partial charge in [-0.15, -0.1) is 0 Å². The SMILES string of the molecule is Fc1ccc(COc2cccc(/C=N/NC(=S)NC3CCCCC3)c2)cc1. The van der Waals surface area contributed by atoms with Crippen molar-refractivity contribution in [2.75, 3.05) is 0 Å². The zero-order chi connectivity index (χ0) is 18.9. The number of halogens is 1. The minimum absolute atomic E-state index is 0.250. The van der Waals surface area contributed by atoms with E-state index in [1.54, 1.807) is 18.3 Å². The van der Waals surface area contributed by atoms with Gasteiger partial charge in [0.2, 0.25) is 0 Å². The van der Waals surface area contributed by atoms with Crippen LogP contribution >= 0.6 is 12.2 Å². The van der Waals surface area contributed by atoms with Crippen LogP contribution in [0.3, 0.4) is 0 Å². The summed E-state index contributed by atoms with van der Waals surface area (Å²) in [6, 6.07) is 14.4. The van der Waals surface area contributed by atoms with Crippen molar-refractivity contribution in [3.05, 3.63) is 65.5 Å². The van der Waals surface area contributed by atoms with E-state index in [2.05, 4.69) is 15.8 Å². The highest BCUT2D eigenvalue weighted by atomic mass is 32.1. The van der Waals surface area contributed by atoms with Crippen LogP contribution in [0.4, 0.5) is 4.39 Å². The van der Waals surface area contributed by atoms with Gasteiger partial charge < -0.3 is 10.1 Å². The number of benzene rings is 2. The Bertz CT molecular complexity index is 773. The lowest BCUT2D eigenvalue weighted by Crippen LogP contribution is -2.40. The van der Waals surface area contributed by atoms with Gasteiger partial charge in [-0.3, -0.25) is 5.43 Å². The van der Waals surface area contributed by atoms with Gasteiger partial charge in [-0.25, -0.2) is 4.39 Å². The normalized spacial score (nSPS) is 14.9. The fraction of sp³-hybridized carbons (Fsp3) is 0.333. The first kappa shape index (κ1) is 19.3. The molecule has 0 aliphatic heterocycles. The molecule has 2 aromatic rings. The largest absolute Gasteiger partial charge is 0.489 e. The molecule has 0 heterocycles. The first-order chi connectivity index (χ1) is 13.2. The van der Waals surface area contributed by atoms with Crippen LogP contribution in [0.1, 0.15) is 43.2 Å². The summed E-state index contributed by atoms with van der Waals surface area (Å²) in [6.45, 7) is 0.383. The molecule has 1 saturated carbocycles. The maximum absolute atomic E-state index is 12.9. The molecule has 4 nitrogen and oxygen atoms in total. The second-order valence-corrected chi connectivity index (χ2v) is 7.07. The van der Waals surface area contributed by atoms with E-state index in [1.165, 1.54) is 44.2 Å². The highest BCUT2D eigenvalue weighted by Crippen LogP contribution is 2.17. The van der Waals surface area contributed by atoms with Crippen molar-refractivity contribution in [3.8, 4) is 5.75 Å². The van der Waals surface area contributed by atoms with E-state index in [9.17, 15) is 4.39 Å². The summed E-state index contributed by atoms with van der Waals surface area (Å²) in [5, 5.41) is 8.07. The molecule has 0 radical (unpaired) electrons. The molecule has 1 fully saturated rings. The van der Waals surface area contributed by atoms with E-state index in [0.717, 1.165) is 16.9 Å². The van der Waals surface area contributed by atoms with Gasteiger partial charge in [0.15, 0.2) is 5.11 Å². The van der Waals surface area contributed by atoms with E-state index in [0.29, 0.717) is 17.8 Å². The van der Waals surface area contributed by atoms with Gasteiger partial charge in [0.1, 0.15) is 18.2 Å². The molecule has 0 atom stereocenters. The van der Waals surface area contributed by atoms with Gasteiger partial charge >= 0.3 is 0 Å². The molecular weight excluding hydrogens is 361 g/mol. The Kier molecular flexibility index (Phi) is 7.16. The average molecular weight is 386 g/mol. The standard InChI is InChI=1S/C21H24FN3OS/c22-18-11-9-16(10-12-18)15-26-20-8-4-5-17(13-20)14-23-25-21(27)24-19-6-2-1-3-7-19/h4-5,8-14,19H,1-3,6-7,15H2,(H2,24,25,27)/b23-14+. The van der Waals surface area contributed by atoms with E-state index in [1.807, 2.05) is 24.3 Å². The second kappa shape index (κ2) is 10.0. The molecule has 1 aliphatic carbocycles. The van der Waals surface area contributed by atoms with Crippen LogP contribution in [0.5, 0.6) is 5.75 Å². The Labute approximate surface area is 164 Å². The van der Waals surface area contributed by atoms with Crippen LogP contribution in [-0.4, -0.2) is 17.4 Å². The number of thiocarbonyl (C=S) groups is 1. The number of rotatable bonds is 6. The molecule has 27 heavy (non-hydrogen) atoms. The van der Waals surface area contributed by atoms with Crippen molar-refractivity contribution in [1.29, 1.82) is 0 Å². The maximum atomic E-state index is 12.9. The summed E-state index contributed by atoms with van der Waals surface area (Å²) in [4.78, 5) is 0. The van der Waals surface area contributed by atoms with E-state index < -0.39 is 0 Å².